The molecule has 0 aromatic rings. The highest BCUT2D eigenvalue weighted by Gasteiger charge is 2.39. The molecule has 2 N–H and O–H groups in total. The standard InChI is InChI=1S/C16H30N2O/c17-12-16(8-4-1-5-9-16)13-18-10-11-19-15-7-3-2-6-14(15)18/h14-15H,1-13,17H2. The number of hydrogen-bond donors (Lipinski definition) is 1. The second kappa shape index (κ2) is 6.11. The maximum atomic E-state index is 6.17. The molecule has 2 saturated carbocycles. The molecule has 0 spiro atoms. The van der Waals surface area contributed by atoms with Gasteiger partial charge in [0.25, 0.3) is 0 Å². The van der Waals surface area contributed by atoms with Gasteiger partial charge in [-0.05, 0) is 37.6 Å². The van der Waals surface area contributed by atoms with Gasteiger partial charge in [-0.3, -0.25) is 4.90 Å². The Labute approximate surface area is 117 Å². The van der Waals surface area contributed by atoms with Gasteiger partial charge in [-0.25, -0.2) is 0 Å². The Hall–Kier alpha value is -0.120. The molecule has 3 heteroatoms. The van der Waals surface area contributed by atoms with Crippen LogP contribution in [0.15, 0.2) is 0 Å². The molecule has 0 amide bonds. The zero-order valence-corrected chi connectivity index (χ0v) is 12.3. The molecule has 0 radical (unpaired) electrons. The van der Waals surface area contributed by atoms with Crippen molar-refractivity contribution in [3.63, 3.8) is 0 Å². The van der Waals surface area contributed by atoms with Crippen LogP contribution in [0.25, 0.3) is 0 Å². The van der Waals surface area contributed by atoms with Gasteiger partial charge in [-0.15, -0.1) is 0 Å². The van der Waals surface area contributed by atoms with Crippen molar-refractivity contribution in [3.05, 3.63) is 0 Å². The first-order valence-corrected chi connectivity index (χ1v) is 8.39. The summed E-state index contributed by atoms with van der Waals surface area (Å²) in [5.41, 5.74) is 6.58. The van der Waals surface area contributed by atoms with E-state index in [9.17, 15) is 0 Å². The molecule has 3 rings (SSSR count). The summed E-state index contributed by atoms with van der Waals surface area (Å²) < 4.78 is 5.99. The van der Waals surface area contributed by atoms with E-state index in [2.05, 4.69) is 4.90 Å². The van der Waals surface area contributed by atoms with E-state index < -0.39 is 0 Å². The van der Waals surface area contributed by atoms with Gasteiger partial charge in [0, 0.05) is 19.1 Å². The predicted octanol–water partition coefficient (Wildman–Crippen LogP) is 2.54. The molecule has 0 aromatic heterocycles. The lowest BCUT2D eigenvalue weighted by Crippen LogP contribution is -2.56. The van der Waals surface area contributed by atoms with E-state index in [-0.39, 0.29) is 0 Å². The Kier molecular flexibility index (Phi) is 4.45. The van der Waals surface area contributed by atoms with Crippen LogP contribution in [-0.2, 0) is 4.74 Å². The minimum atomic E-state index is 0.414. The van der Waals surface area contributed by atoms with Gasteiger partial charge >= 0.3 is 0 Å². The lowest BCUT2D eigenvalue weighted by molar-refractivity contribution is -0.101. The van der Waals surface area contributed by atoms with Crippen molar-refractivity contribution in [2.45, 2.75) is 69.9 Å². The summed E-state index contributed by atoms with van der Waals surface area (Å²) in [7, 11) is 0. The second-order valence-electron chi connectivity index (χ2n) is 7.00. The minimum absolute atomic E-state index is 0.414. The van der Waals surface area contributed by atoms with Crippen molar-refractivity contribution in [1.29, 1.82) is 0 Å². The Bertz CT molecular complexity index is 286. The number of hydrogen-bond acceptors (Lipinski definition) is 3. The van der Waals surface area contributed by atoms with E-state index in [1.807, 2.05) is 0 Å². The van der Waals surface area contributed by atoms with Crippen LogP contribution < -0.4 is 5.73 Å². The highest BCUT2D eigenvalue weighted by Crippen LogP contribution is 2.38. The third-order valence-corrected chi connectivity index (χ3v) is 5.73. The first kappa shape index (κ1) is 13.8. The van der Waals surface area contributed by atoms with Gasteiger partial charge in [0.15, 0.2) is 0 Å². The zero-order valence-electron chi connectivity index (χ0n) is 12.3. The van der Waals surface area contributed by atoms with Crippen molar-refractivity contribution in [3.8, 4) is 0 Å². The van der Waals surface area contributed by atoms with Gasteiger partial charge in [0.05, 0.1) is 12.7 Å². The van der Waals surface area contributed by atoms with E-state index in [0.717, 1.165) is 19.7 Å². The van der Waals surface area contributed by atoms with Crippen LogP contribution in [0.4, 0.5) is 0 Å². The summed E-state index contributed by atoms with van der Waals surface area (Å²) in [6, 6.07) is 0.688. The maximum Gasteiger partial charge on any atom is 0.0730 e. The van der Waals surface area contributed by atoms with Crippen molar-refractivity contribution in [1.82, 2.24) is 4.90 Å². The molecule has 1 saturated heterocycles. The summed E-state index contributed by atoms with van der Waals surface area (Å²) in [5, 5.41) is 0. The fraction of sp³-hybridized carbons (Fsp3) is 1.00. The smallest absolute Gasteiger partial charge is 0.0730 e. The highest BCUT2D eigenvalue weighted by atomic mass is 16.5. The van der Waals surface area contributed by atoms with Crippen molar-refractivity contribution >= 4 is 0 Å². The van der Waals surface area contributed by atoms with Crippen LogP contribution in [-0.4, -0.2) is 43.3 Å². The summed E-state index contributed by atoms with van der Waals surface area (Å²) in [6.45, 7) is 4.17. The van der Waals surface area contributed by atoms with Gasteiger partial charge in [0.2, 0.25) is 0 Å². The Balaban J connectivity index is 1.66. The lowest BCUT2D eigenvalue weighted by atomic mass is 9.73. The Morgan fingerprint density at radius 3 is 2.63 bits per heavy atom. The Morgan fingerprint density at radius 1 is 1.05 bits per heavy atom. The van der Waals surface area contributed by atoms with E-state index >= 15 is 0 Å². The molecule has 3 fully saturated rings. The van der Waals surface area contributed by atoms with E-state index in [1.54, 1.807) is 0 Å². The Morgan fingerprint density at radius 2 is 1.84 bits per heavy atom. The summed E-state index contributed by atoms with van der Waals surface area (Å²) in [4.78, 5) is 2.74. The van der Waals surface area contributed by atoms with Crippen LogP contribution in [0, 0.1) is 5.41 Å². The third kappa shape index (κ3) is 2.98. The molecule has 0 bridgehead atoms. The van der Waals surface area contributed by atoms with Crippen LogP contribution >= 0.6 is 0 Å². The number of morpholine rings is 1. The molecule has 3 aliphatic rings. The fourth-order valence-corrected chi connectivity index (χ4v) is 4.53. The maximum absolute atomic E-state index is 6.17. The third-order valence-electron chi connectivity index (χ3n) is 5.73. The summed E-state index contributed by atoms with van der Waals surface area (Å²) >= 11 is 0. The molecule has 1 aliphatic heterocycles. The average molecular weight is 266 g/mol. The molecular formula is C16H30N2O. The second-order valence-corrected chi connectivity index (χ2v) is 7.00. The van der Waals surface area contributed by atoms with E-state index in [4.69, 9.17) is 10.5 Å². The van der Waals surface area contributed by atoms with Gasteiger partial charge in [-0.2, -0.15) is 0 Å². The number of fused-ring (bicyclic) bond motifs is 1. The van der Waals surface area contributed by atoms with E-state index in [1.165, 1.54) is 64.3 Å². The molecule has 2 aliphatic carbocycles. The van der Waals surface area contributed by atoms with Crippen molar-refractivity contribution in [2.75, 3.05) is 26.2 Å². The van der Waals surface area contributed by atoms with Crippen LogP contribution in [0.2, 0.25) is 0 Å². The minimum Gasteiger partial charge on any atom is -0.375 e. The van der Waals surface area contributed by atoms with Gasteiger partial charge in [0.1, 0.15) is 0 Å². The van der Waals surface area contributed by atoms with Crippen LogP contribution in [0.5, 0.6) is 0 Å². The van der Waals surface area contributed by atoms with Crippen molar-refractivity contribution < 1.29 is 4.74 Å². The number of rotatable bonds is 3. The molecule has 0 aromatic carbocycles. The van der Waals surface area contributed by atoms with Gasteiger partial charge < -0.3 is 10.5 Å². The quantitative estimate of drug-likeness (QED) is 0.853. The number of nitrogens with zero attached hydrogens (tertiary/aromatic N) is 1. The first-order valence-electron chi connectivity index (χ1n) is 8.39. The fourth-order valence-electron chi connectivity index (χ4n) is 4.53. The lowest BCUT2D eigenvalue weighted by Gasteiger charge is -2.48. The molecule has 3 nitrogen and oxygen atoms in total. The summed E-state index contributed by atoms with van der Waals surface area (Å²) in [5.74, 6) is 0. The highest BCUT2D eigenvalue weighted by molar-refractivity contribution is 4.93. The normalized spacial score (nSPS) is 35.8. The monoisotopic (exact) mass is 266 g/mol. The number of ether oxygens (including phenoxy) is 1. The van der Waals surface area contributed by atoms with E-state index in [0.29, 0.717) is 17.6 Å². The first-order chi connectivity index (χ1) is 9.33. The molecule has 2 atom stereocenters. The average Bonchev–Trinajstić information content (AvgIpc) is 2.49. The largest absolute Gasteiger partial charge is 0.375 e. The van der Waals surface area contributed by atoms with Gasteiger partial charge in [-0.1, -0.05) is 32.1 Å². The van der Waals surface area contributed by atoms with Crippen LogP contribution in [0.1, 0.15) is 57.8 Å². The molecule has 2 unspecified atom stereocenters. The number of nitrogens with two attached hydrogens (primary N) is 1. The predicted molar refractivity (Wildman–Crippen MR) is 78.1 cm³/mol. The van der Waals surface area contributed by atoms with Crippen molar-refractivity contribution in [2.24, 2.45) is 11.1 Å². The SMILES string of the molecule is NCC1(CN2CCOC3CCCCC32)CCCCC1. The summed E-state index contributed by atoms with van der Waals surface area (Å²) in [6.07, 6.45) is 12.7. The molecule has 1 heterocycles. The molecule has 19 heavy (non-hydrogen) atoms. The molecular weight excluding hydrogens is 236 g/mol. The topological polar surface area (TPSA) is 38.5 Å². The zero-order chi connectivity index (χ0) is 13.1. The molecule has 110 valence electrons. The van der Waals surface area contributed by atoms with Crippen LogP contribution in [0.3, 0.4) is 0 Å².